The summed E-state index contributed by atoms with van der Waals surface area (Å²) in [5, 5.41) is 13.1. The molecule has 6 nitrogen and oxygen atoms in total. The van der Waals surface area contributed by atoms with Crippen LogP contribution in [-0.4, -0.2) is 17.8 Å². The summed E-state index contributed by atoms with van der Waals surface area (Å²) >= 11 is 1.50. The van der Waals surface area contributed by atoms with Crippen molar-refractivity contribution in [3.63, 3.8) is 0 Å². The maximum Gasteiger partial charge on any atom is 0.270 e. The van der Waals surface area contributed by atoms with Gasteiger partial charge in [0.2, 0.25) is 5.91 Å². The average molecular weight is 349 g/mol. The highest BCUT2D eigenvalue weighted by Gasteiger charge is 2.51. The summed E-state index contributed by atoms with van der Waals surface area (Å²) in [5.74, 6) is -2.89. The van der Waals surface area contributed by atoms with E-state index in [1.54, 1.807) is 11.4 Å². The zero-order valence-corrected chi connectivity index (χ0v) is 14.5. The largest absolute Gasteiger partial charge is 0.550 e. The van der Waals surface area contributed by atoms with Crippen LogP contribution >= 0.6 is 11.3 Å². The van der Waals surface area contributed by atoms with Gasteiger partial charge >= 0.3 is 0 Å². The maximum atomic E-state index is 12.4. The predicted molar refractivity (Wildman–Crippen MR) is 86.8 cm³/mol. The predicted octanol–water partition coefficient (Wildman–Crippen LogP) is 1.04. The highest BCUT2D eigenvalue weighted by molar-refractivity contribution is 7.10. The summed E-state index contributed by atoms with van der Waals surface area (Å²) in [7, 11) is 0. The number of hydrazine groups is 1. The Hall–Kier alpha value is -1.89. The Kier molecular flexibility index (Phi) is 4.62. The summed E-state index contributed by atoms with van der Waals surface area (Å²) in [5.41, 5.74) is 5.30. The first-order valence-corrected chi connectivity index (χ1v) is 9.16. The fourth-order valence-corrected chi connectivity index (χ4v) is 4.96. The number of fused-ring (bicyclic) bond motifs is 2. The molecule has 1 aromatic rings. The van der Waals surface area contributed by atoms with Gasteiger partial charge in [0, 0.05) is 22.1 Å². The standard InChI is InChI=1S/C17H22N2O4S/c1-8(2)12-6-11(7-24-12)15(20)18-19-16(21)13-9-3-4-10(5-9)14(13)17(22)23/h6-10,13-14H,3-5H2,1-2H3,(H,18,20)(H,19,21)(H,22,23)/p-1/t9-,10-,13-,14-/m0/s1. The highest BCUT2D eigenvalue weighted by Crippen LogP contribution is 2.52. The van der Waals surface area contributed by atoms with E-state index in [2.05, 4.69) is 10.9 Å². The van der Waals surface area contributed by atoms with E-state index >= 15 is 0 Å². The number of rotatable bonds is 4. The molecule has 0 spiro atoms. The maximum absolute atomic E-state index is 12.4. The molecule has 2 saturated carbocycles. The number of carbonyl (C=O) groups excluding carboxylic acids is 3. The number of hydrogen-bond acceptors (Lipinski definition) is 5. The first kappa shape index (κ1) is 17.0. The van der Waals surface area contributed by atoms with Gasteiger partial charge in [-0.25, -0.2) is 0 Å². The van der Waals surface area contributed by atoms with Crippen molar-refractivity contribution in [3.05, 3.63) is 21.9 Å². The molecular formula is C17H21N2O4S-. The molecule has 4 atom stereocenters. The Morgan fingerprint density at radius 3 is 2.42 bits per heavy atom. The van der Waals surface area contributed by atoms with Crippen molar-refractivity contribution in [3.8, 4) is 0 Å². The SMILES string of the molecule is CC(C)c1cc(C(=O)NNC(=O)[C@H]2[C@H]3CC[C@@H](C3)[C@@H]2C(=O)[O-])cs1. The van der Waals surface area contributed by atoms with Crippen LogP contribution in [0.1, 0.15) is 54.3 Å². The molecule has 24 heavy (non-hydrogen) atoms. The van der Waals surface area contributed by atoms with E-state index in [0.717, 1.165) is 24.1 Å². The molecule has 7 heteroatoms. The molecule has 1 aromatic heterocycles. The van der Waals surface area contributed by atoms with Crippen LogP contribution in [0.5, 0.6) is 0 Å². The lowest BCUT2D eigenvalue weighted by Gasteiger charge is -2.30. The van der Waals surface area contributed by atoms with Gasteiger partial charge in [0.05, 0.1) is 11.5 Å². The third-order valence-electron chi connectivity index (χ3n) is 5.24. The first-order chi connectivity index (χ1) is 11.4. The Balaban J connectivity index is 1.60. The van der Waals surface area contributed by atoms with Crippen molar-refractivity contribution in [1.29, 1.82) is 0 Å². The van der Waals surface area contributed by atoms with E-state index in [4.69, 9.17) is 0 Å². The van der Waals surface area contributed by atoms with Crippen LogP contribution in [0, 0.1) is 23.7 Å². The van der Waals surface area contributed by atoms with Crippen molar-refractivity contribution < 1.29 is 19.5 Å². The van der Waals surface area contributed by atoms with Gasteiger partial charge in [-0.3, -0.25) is 20.4 Å². The van der Waals surface area contributed by atoms with Gasteiger partial charge < -0.3 is 9.90 Å². The third-order valence-corrected chi connectivity index (χ3v) is 6.47. The molecule has 0 aromatic carbocycles. The lowest BCUT2D eigenvalue weighted by atomic mass is 9.79. The van der Waals surface area contributed by atoms with Crippen LogP contribution in [0.4, 0.5) is 0 Å². The molecule has 0 unspecified atom stereocenters. The third kappa shape index (κ3) is 3.05. The Morgan fingerprint density at radius 1 is 1.17 bits per heavy atom. The molecule has 0 radical (unpaired) electrons. The number of thiophene rings is 1. The van der Waals surface area contributed by atoms with Crippen molar-refractivity contribution in [1.82, 2.24) is 10.9 Å². The number of carbonyl (C=O) groups is 3. The molecule has 3 rings (SSSR count). The van der Waals surface area contributed by atoms with Crippen LogP contribution < -0.4 is 16.0 Å². The lowest BCUT2D eigenvalue weighted by Crippen LogP contribution is -2.50. The molecule has 2 N–H and O–H groups in total. The highest BCUT2D eigenvalue weighted by atomic mass is 32.1. The number of nitrogens with one attached hydrogen (secondary N) is 2. The average Bonchev–Trinajstić information content (AvgIpc) is 3.25. The van der Waals surface area contributed by atoms with Crippen molar-refractivity contribution in [2.75, 3.05) is 0 Å². The van der Waals surface area contributed by atoms with Crippen LogP contribution in [0.2, 0.25) is 0 Å². The summed E-state index contributed by atoms with van der Waals surface area (Å²) < 4.78 is 0. The molecule has 1 heterocycles. The summed E-state index contributed by atoms with van der Waals surface area (Å²) in [6.45, 7) is 4.09. The van der Waals surface area contributed by atoms with Crippen LogP contribution in [0.15, 0.2) is 11.4 Å². The number of carboxylic acid groups (broad SMARTS) is 1. The number of hydrogen-bond donors (Lipinski definition) is 2. The lowest BCUT2D eigenvalue weighted by molar-refractivity contribution is -0.314. The second kappa shape index (κ2) is 6.55. The molecule has 130 valence electrons. The molecule has 2 fully saturated rings. The van der Waals surface area contributed by atoms with Crippen molar-refractivity contribution >= 4 is 29.1 Å². The molecule has 0 saturated heterocycles. The Labute approximate surface area is 144 Å². The Bertz CT molecular complexity index is 669. The molecule has 2 amide bonds. The van der Waals surface area contributed by atoms with Gasteiger partial charge in [-0.2, -0.15) is 0 Å². The quantitative estimate of drug-likeness (QED) is 0.794. The van der Waals surface area contributed by atoms with Gasteiger partial charge in [0.25, 0.3) is 5.91 Å². The minimum absolute atomic E-state index is 0.0249. The van der Waals surface area contributed by atoms with E-state index in [9.17, 15) is 19.5 Å². The minimum Gasteiger partial charge on any atom is -0.550 e. The normalized spacial score (nSPS) is 28.1. The van der Waals surface area contributed by atoms with Gasteiger partial charge in [0.15, 0.2) is 0 Å². The number of amides is 2. The van der Waals surface area contributed by atoms with Crippen molar-refractivity contribution in [2.45, 2.75) is 39.0 Å². The molecular weight excluding hydrogens is 328 g/mol. The summed E-state index contributed by atoms with van der Waals surface area (Å²) in [4.78, 5) is 37.0. The van der Waals surface area contributed by atoms with Crippen molar-refractivity contribution in [2.24, 2.45) is 23.7 Å². The van der Waals surface area contributed by atoms with E-state index in [1.165, 1.54) is 11.3 Å². The van der Waals surface area contributed by atoms with Crippen LogP contribution in [0.25, 0.3) is 0 Å². The minimum atomic E-state index is -1.16. The molecule has 2 bridgehead atoms. The second-order valence-corrected chi connectivity index (χ2v) is 7.98. The van der Waals surface area contributed by atoms with Gasteiger partial charge in [-0.15, -0.1) is 11.3 Å². The second-order valence-electron chi connectivity index (χ2n) is 7.04. The van der Waals surface area contributed by atoms with E-state index in [1.807, 2.05) is 13.8 Å². The van der Waals surface area contributed by atoms with Crippen LogP contribution in [-0.2, 0) is 9.59 Å². The summed E-state index contributed by atoms with van der Waals surface area (Å²) in [6.07, 6.45) is 2.46. The van der Waals surface area contributed by atoms with E-state index in [0.29, 0.717) is 11.5 Å². The molecule has 0 aliphatic heterocycles. The smallest absolute Gasteiger partial charge is 0.270 e. The fraction of sp³-hybridized carbons (Fsp3) is 0.588. The molecule has 2 aliphatic carbocycles. The number of carboxylic acids is 1. The van der Waals surface area contributed by atoms with E-state index < -0.39 is 23.7 Å². The van der Waals surface area contributed by atoms with Crippen LogP contribution in [0.3, 0.4) is 0 Å². The monoisotopic (exact) mass is 349 g/mol. The van der Waals surface area contributed by atoms with Gasteiger partial charge in [-0.05, 0) is 43.1 Å². The van der Waals surface area contributed by atoms with Gasteiger partial charge in [-0.1, -0.05) is 13.8 Å². The first-order valence-electron chi connectivity index (χ1n) is 8.28. The van der Waals surface area contributed by atoms with Gasteiger partial charge in [0.1, 0.15) is 0 Å². The fourth-order valence-electron chi connectivity index (χ4n) is 4.06. The summed E-state index contributed by atoms with van der Waals surface area (Å²) in [6, 6.07) is 1.80. The zero-order chi connectivity index (χ0) is 17.4. The molecule has 2 aliphatic rings. The topological polar surface area (TPSA) is 98.3 Å². The Morgan fingerprint density at radius 2 is 1.83 bits per heavy atom. The zero-order valence-electron chi connectivity index (χ0n) is 13.7. The number of aliphatic carboxylic acids is 1. The van der Waals surface area contributed by atoms with E-state index in [-0.39, 0.29) is 17.7 Å².